The summed E-state index contributed by atoms with van der Waals surface area (Å²) >= 11 is 0. The average molecular weight is 286 g/mol. The molecule has 1 amide bonds. The zero-order valence-electron chi connectivity index (χ0n) is 12.0. The standard InChI is InChI=1S/C16H18N2O3/c1-11-8-17-9-14(11)15(19)18(12(2)16(20)21)10-13-6-4-3-5-7-13/h3-9,12,17H,10H2,1-2H3,(H,20,21). The number of H-pyrrole nitrogens is 1. The van der Waals surface area contributed by atoms with Crippen molar-refractivity contribution < 1.29 is 14.7 Å². The van der Waals surface area contributed by atoms with Crippen LogP contribution in [0.2, 0.25) is 0 Å². The van der Waals surface area contributed by atoms with Crippen molar-refractivity contribution >= 4 is 11.9 Å². The van der Waals surface area contributed by atoms with Gasteiger partial charge in [0, 0.05) is 18.9 Å². The van der Waals surface area contributed by atoms with Gasteiger partial charge in [0.2, 0.25) is 0 Å². The highest BCUT2D eigenvalue weighted by molar-refractivity contribution is 5.97. The molecule has 0 aliphatic rings. The van der Waals surface area contributed by atoms with Crippen molar-refractivity contribution in [3.8, 4) is 0 Å². The first-order valence-electron chi connectivity index (χ1n) is 6.71. The van der Waals surface area contributed by atoms with Crippen molar-refractivity contribution in [3.05, 3.63) is 59.4 Å². The van der Waals surface area contributed by atoms with Gasteiger partial charge in [-0.25, -0.2) is 4.79 Å². The Morgan fingerprint density at radius 3 is 2.43 bits per heavy atom. The first kappa shape index (κ1) is 14.8. The molecule has 1 aromatic carbocycles. The number of rotatable bonds is 5. The minimum atomic E-state index is -1.02. The Labute approximate surface area is 123 Å². The summed E-state index contributed by atoms with van der Waals surface area (Å²) in [7, 11) is 0. The molecule has 2 rings (SSSR count). The molecule has 0 saturated carbocycles. The molecule has 0 aliphatic carbocycles. The van der Waals surface area contributed by atoms with E-state index in [0.717, 1.165) is 11.1 Å². The van der Waals surface area contributed by atoms with E-state index in [9.17, 15) is 14.7 Å². The van der Waals surface area contributed by atoms with Crippen LogP contribution in [-0.4, -0.2) is 32.9 Å². The largest absolute Gasteiger partial charge is 0.480 e. The van der Waals surface area contributed by atoms with Crippen molar-refractivity contribution in [1.29, 1.82) is 0 Å². The van der Waals surface area contributed by atoms with Crippen molar-refractivity contribution in [2.24, 2.45) is 0 Å². The predicted molar refractivity (Wildman–Crippen MR) is 78.9 cm³/mol. The molecule has 5 nitrogen and oxygen atoms in total. The molecule has 1 atom stereocenters. The quantitative estimate of drug-likeness (QED) is 0.886. The third-order valence-corrected chi connectivity index (χ3v) is 3.46. The highest BCUT2D eigenvalue weighted by atomic mass is 16.4. The minimum absolute atomic E-state index is 0.262. The second-order valence-corrected chi connectivity index (χ2v) is 4.98. The van der Waals surface area contributed by atoms with Crippen LogP contribution in [0, 0.1) is 6.92 Å². The number of carboxylic acids is 1. The zero-order chi connectivity index (χ0) is 15.4. The number of carboxylic acid groups (broad SMARTS) is 1. The van der Waals surface area contributed by atoms with Crippen LogP contribution < -0.4 is 0 Å². The number of hydrogen-bond donors (Lipinski definition) is 2. The van der Waals surface area contributed by atoms with Gasteiger partial charge in [-0.3, -0.25) is 4.79 Å². The average Bonchev–Trinajstić information content (AvgIpc) is 2.90. The van der Waals surface area contributed by atoms with E-state index in [1.807, 2.05) is 37.3 Å². The molecule has 1 unspecified atom stereocenters. The molecule has 1 aromatic heterocycles. The molecule has 5 heteroatoms. The van der Waals surface area contributed by atoms with Crippen molar-refractivity contribution in [1.82, 2.24) is 9.88 Å². The van der Waals surface area contributed by atoms with Crippen molar-refractivity contribution in [2.75, 3.05) is 0 Å². The summed E-state index contributed by atoms with van der Waals surface area (Å²) in [5.74, 6) is -1.31. The van der Waals surface area contributed by atoms with Gasteiger partial charge in [-0.2, -0.15) is 0 Å². The van der Waals surface area contributed by atoms with E-state index in [4.69, 9.17) is 0 Å². The molecule has 0 radical (unpaired) electrons. The van der Waals surface area contributed by atoms with Gasteiger partial charge < -0.3 is 15.0 Å². The number of hydrogen-bond acceptors (Lipinski definition) is 2. The normalized spacial score (nSPS) is 11.9. The van der Waals surface area contributed by atoms with Crippen LogP contribution in [0.5, 0.6) is 0 Å². The lowest BCUT2D eigenvalue weighted by Crippen LogP contribution is -2.42. The Balaban J connectivity index is 2.30. The van der Waals surface area contributed by atoms with Crippen molar-refractivity contribution in [2.45, 2.75) is 26.4 Å². The highest BCUT2D eigenvalue weighted by Gasteiger charge is 2.27. The fourth-order valence-electron chi connectivity index (χ4n) is 2.12. The summed E-state index contributed by atoms with van der Waals surface area (Å²) < 4.78 is 0. The van der Waals surface area contributed by atoms with Crippen molar-refractivity contribution in [3.63, 3.8) is 0 Å². The van der Waals surface area contributed by atoms with E-state index in [-0.39, 0.29) is 12.5 Å². The Morgan fingerprint density at radius 1 is 1.24 bits per heavy atom. The number of aryl methyl sites for hydroxylation is 1. The van der Waals surface area contributed by atoms with Crippen LogP contribution in [0.3, 0.4) is 0 Å². The van der Waals surface area contributed by atoms with Crippen LogP contribution in [0.25, 0.3) is 0 Å². The van der Waals surface area contributed by atoms with Gasteiger partial charge in [-0.1, -0.05) is 30.3 Å². The lowest BCUT2D eigenvalue weighted by Gasteiger charge is -2.26. The molecule has 110 valence electrons. The molecule has 0 spiro atoms. The first-order chi connectivity index (χ1) is 10.0. The number of aromatic nitrogens is 1. The zero-order valence-corrected chi connectivity index (χ0v) is 12.0. The maximum absolute atomic E-state index is 12.6. The predicted octanol–water partition coefficient (Wildman–Crippen LogP) is 2.44. The first-order valence-corrected chi connectivity index (χ1v) is 6.71. The monoisotopic (exact) mass is 286 g/mol. The van der Waals surface area contributed by atoms with Gasteiger partial charge in [0.25, 0.3) is 5.91 Å². The smallest absolute Gasteiger partial charge is 0.326 e. The molecule has 0 fully saturated rings. The Bertz CT molecular complexity index is 634. The Morgan fingerprint density at radius 2 is 1.90 bits per heavy atom. The Kier molecular flexibility index (Phi) is 4.42. The third-order valence-electron chi connectivity index (χ3n) is 3.46. The summed E-state index contributed by atoms with van der Waals surface area (Å²) in [5.41, 5.74) is 2.20. The lowest BCUT2D eigenvalue weighted by atomic mass is 10.1. The van der Waals surface area contributed by atoms with E-state index in [1.165, 1.54) is 11.8 Å². The molecule has 0 aliphatic heterocycles. The number of carbonyl (C=O) groups is 2. The number of carbonyl (C=O) groups excluding carboxylic acids is 1. The number of amides is 1. The van der Waals surface area contributed by atoms with Crippen LogP contribution in [0.15, 0.2) is 42.7 Å². The summed E-state index contributed by atoms with van der Waals surface area (Å²) in [5, 5.41) is 9.24. The van der Waals surface area contributed by atoms with Crippen LogP contribution in [0.1, 0.15) is 28.4 Å². The number of aromatic amines is 1. The summed E-state index contributed by atoms with van der Waals surface area (Å²) in [6.45, 7) is 3.60. The maximum atomic E-state index is 12.6. The topological polar surface area (TPSA) is 73.4 Å². The molecule has 21 heavy (non-hydrogen) atoms. The van der Waals surface area contributed by atoms with Gasteiger partial charge in [-0.15, -0.1) is 0 Å². The second-order valence-electron chi connectivity index (χ2n) is 4.98. The van der Waals surface area contributed by atoms with E-state index in [0.29, 0.717) is 5.56 Å². The van der Waals surface area contributed by atoms with E-state index >= 15 is 0 Å². The molecule has 0 bridgehead atoms. The van der Waals surface area contributed by atoms with E-state index in [1.54, 1.807) is 12.4 Å². The molecule has 0 saturated heterocycles. The molecule has 2 aromatic rings. The van der Waals surface area contributed by atoms with Gasteiger partial charge in [0.1, 0.15) is 6.04 Å². The molecule has 2 N–H and O–H groups in total. The highest BCUT2D eigenvalue weighted by Crippen LogP contribution is 2.16. The number of nitrogens with zero attached hydrogens (tertiary/aromatic N) is 1. The summed E-state index contributed by atoms with van der Waals surface area (Å²) in [6.07, 6.45) is 3.32. The van der Waals surface area contributed by atoms with Gasteiger partial charge in [0.15, 0.2) is 0 Å². The van der Waals surface area contributed by atoms with Crippen LogP contribution in [-0.2, 0) is 11.3 Å². The third kappa shape index (κ3) is 3.31. The molecular weight excluding hydrogens is 268 g/mol. The fourth-order valence-corrected chi connectivity index (χ4v) is 2.12. The fraction of sp³-hybridized carbons (Fsp3) is 0.250. The van der Waals surface area contributed by atoms with E-state index in [2.05, 4.69) is 4.98 Å². The maximum Gasteiger partial charge on any atom is 0.326 e. The SMILES string of the molecule is Cc1c[nH]cc1C(=O)N(Cc1ccccc1)C(C)C(=O)O. The van der Waals surface area contributed by atoms with E-state index < -0.39 is 12.0 Å². The number of nitrogens with one attached hydrogen (secondary N) is 1. The summed E-state index contributed by atoms with van der Waals surface area (Å²) in [6, 6.07) is 8.46. The Hall–Kier alpha value is -2.56. The van der Waals surface area contributed by atoms with Crippen LogP contribution >= 0.6 is 0 Å². The molecular formula is C16H18N2O3. The number of benzene rings is 1. The van der Waals surface area contributed by atoms with Gasteiger partial charge >= 0.3 is 5.97 Å². The minimum Gasteiger partial charge on any atom is -0.480 e. The van der Waals surface area contributed by atoms with Gasteiger partial charge in [-0.05, 0) is 25.0 Å². The number of aliphatic carboxylic acids is 1. The lowest BCUT2D eigenvalue weighted by molar-refractivity contribution is -0.141. The van der Waals surface area contributed by atoms with Crippen LogP contribution in [0.4, 0.5) is 0 Å². The summed E-state index contributed by atoms with van der Waals surface area (Å²) in [4.78, 5) is 28.1. The van der Waals surface area contributed by atoms with Gasteiger partial charge in [0.05, 0.1) is 5.56 Å². The molecule has 1 heterocycles. The second kappa shape index (κ2) is 6.26.